The first-order chi connectivity index (χ1) is 7.48. The summed E-state index contributed by atoms with van der Waals surface area (Å²) in [7, 11) is -1.39. The summed E-state index contributed by atoms with van der Waals surface area (Å²) >= 11 is 0. The van der Waals surface area contributed by atoms with Crippen LogP contribution < -0.4 is 0 Å². The minimum Gasteiger partial charge on any atom is -0.423 e. The summed E-state index contributed by atoms with van der Waals surface area (Å²) in [6.45, 7) is 0.297. The number of rotatable bonds is 2. The number of nitrogens with zero attached hydrogens (tertiary/aromatic N) is 1. The van der Waals surface area contributed by atoms with E-state index in [4.69, 9.17) is 10.0 Å². The molecule has 0 aromatic rings. The van der Waals surface area contributed by atoms with Crippen molar-refractivity contribution in [1.82, 2.24) is 4.90 Å². The van der Waals surface area contributed by atoms with E-state index in [1.807, 2.05) is 4.90 Å². The normalized spacial score (nSPS) is 30.2. The van der Waals surface area contributed by atoms with Gasteiger partial charge in [0.1, 0.15) is 0 Å². The van der Waals surface area contributed by atoms with Crippen LogP contribution in [0.4, 0.5) is 8.78 Å². The van der Waals surface area contributed by atoms with Crippen LogP contribution in [0, 0.1) is 0 Å². The molecule has 0 radical (unpaired) electrons. The summed E-state index contributed by atoms with van der Waals surface area (Å²) in [6, 6.07) is 0.135. The van der Waals surface area contributed by atoms with Gasteiger partial charge in [-0.15, -0.1) is 0 Å². The maximum absolute atomic E-state index is 13.0. The van der Waals surface area contributed by atoms with E-state index in [9.17, 15) is 8.78 Å². The summed E-state index contributed by atoms with van der Waals surface area (Å²) in [5.74, 6) is -2.54. The molecule has 1 saturated heterocycles. The van der Waals surface area contributed by atoms with Crippen LogP contribution in [0.15, 0.2) is 11.5 Å². The van der Waals surface area contributed by atoms with Gasteiger partial charge in [0, 0.05) is 19.0 Å². The standard InChI is InChI=1S/C10H16BF2NO2/c12-10(13)5-6-14(7-10)9-3-1-8(2-4-9)11(15)16/h1,9,15-16H,2-7H2. The van der Waals surface area contributed by atoms with Crippen molar-refractivity contribution < 1.29 is 18.8 Å². The Kier molecular flexibility index (Phi) is 3.33. The van der Waals surface area contributed by atoms with Crippen molar-refractivity contribution in [3.05, 3.63) is 11.5 Å². The van der Waals surface area contributed by atoms with Gasteiger partial charge in [0.15, 0.2) is 0 Å². The highest BCUT2D eigenvalue weighted by Crippen LogP contribution is 2.32. The lowest BCUT2D eigenvalue weighted by Gasteiger charge is -2.30. The van der Waals surface area contributed by atoms with Gasteiger partial charge in [-0.05, 0) is 24.7 Å². The number of hydrogen-bond acceptors (Lipinski definition) is 3. The molecule has 2 N–H and O–H groups in total. The quantitative estimate of drug-likeness (QED) is 0.691. The minimum atomic E-state index is -2.54. The van der Waals surface area contributed by atoms with Gasteiger partial charge in [-0.3, -0.25) is 4.90 Å². The Labute approximate surface area is 93.9 Å². The second-order valence-corrected chi connectivity index (χ2v) is 4.66. The predicted octanol–water partition coefficient (Wildman–Crippen LogP) is 0.818. The lowest BCUT2D eigenvalue weighted by Crippen LogP contribution is -2.37. The summed E-state index contributed by atoms with van der Waals surface area (Å²) in [6.07, 6.45) is 3.69. The Morgan fingerprint density at radius 1 is 1.44 bits per heavy atom. The lowest BCUT2D eigenvalue weighted by atomic mass is 9.72. The van der Waals surface area contributed by atoms with Crippen molar-refractivity contribution in [3.63, 3.8) is 0 Å². The summed E-state index contributed by atoms with van der Waals surface area (Å²) < 4.78 is 26.0. The Morgan fingerprint density at radius 3 is 2.62 bits per heavy atom. The van der Waals surface area contributed by atoms with Crippen molar-refractivity contribution in [1.29, 1.82) is 0 Å². The third-order valence-corrected chi connectivity index (χ3v) is 3.47. The molecule has 0 aromatic heterocycles. The molecule has 3 nitrogen and oxygen atoms in total. The molecule has 1 aliphatic heterocycles. The molecule has 0 aromatic carbocycles. The fourth-order valence-corrected chi connectivity index (χ4v) is 2.48. The molecule has 90 valence electrons. The largest absolute Gasteiger partial charge is 0.483 e. The Hall–Kier alpha value is -0.455. The van der Waals surface area contributed by atoms with Crippen LogP contribution in [0.3, 0.4) is 0 Å². The van der Waals surface area contributed by atoms with Crippen LogP contribution >= 0.6 is 0 Å². The van der Waals surface area contributed by atoms with Crippen LogP contribution in [-0.2, 0) is 0 Å². The lowest BCUT2D eigenvalue weighted by molar-refractivity contribution is 0.00706. The van der Waals surface area contributed by atoms with Crippen molar-refractivity contribution in [2.75, 3.05) is 13.1 Å². The average molecular weight is 231 g/mol. The van der Waals surface area contributed by atoms with E-state index in [0.29, 0.717) is 24.9 Å². The van der Waals surface area contributed by atoms with Gasteiger partial charge in [0.25, 0.3) is 5.92 Å². The fourth-order valence-electron chi connectivity index (χ4n) is 2.48. The zero-order valence-electron chi connectivity index (χ0n) is 9.07. The molecular formula is C10H16BF2NO2. The van der Waals surface area contributed by atoms with Crippen molar-refractivity contribution in [2.45, 2.75) is 37.6 Å². The first-order valence-corrected chi connectivity index (χ1v) is 5.65. The van der Waals surface area contributed by atoms with Crippen molar-refractivity contribution >= 4 is 7.12 Å². The molecule has 1 unspecified atom stereocenters. The highest BCUT2D eigenvalue weighted by atomic mass is 19.3. The van der Waals surface area contributed by atoms with Gasteiger partial charge in [0.2, 0.25) is 0 Å². The summed E-state index contributed by atoms with van der Waals surface area (Å²) in [5, 5.41) is 17.9. The zero-order chi connectivity index (χ0) is 11.8. The molecule has 1 fully saturated rings. The number of likely N-dealkylation sites (tertiary alicyclic amines) is 1. The topological polar surface area (TPSA) is 43.7 Å². The molecule has 6 heteroatoms. The molecule has 2 rings (SSSR count). The molecule has 0 saturated carbocycles. The van der Waals surface area contributed by atoms with Gasteiger partial charge in [-0.2, -0.15) is 0 Å². The molecule has 0 amide bonds. The number of alkyl halides is 2. The van der Waals surface area contributed by atoms with E-state index in [2.05, 4.69) is 0 Å². The smallest absolute Gasteiger partial charge is 0.423 e. The Morgan fingerprint density at radius 2 is 2.19 bits per heavy atom. The van der Waals surface area contributed by atoms with Crippen LogP contribution in [-0.4, -0.2) is 47.1 Å². The van der Waals surface area contributed by atoms with Gasteiger partial charge in [-0.1, -0.05) is 6.08 Å². The number of allylic oxidation sites excluding steroid dienone is 1. The predicted molar refractivity (Wildman–Crippen MR) is 57.1 cm³/mol. The summed E-state index contributed by atoms with van der Waals surface area (Å²) in [5.41, 5.74) is 0.613. The van der Waals surface area contributed by atoms with E-state index in [1.165, 1.54) is 0 Å². The third kappa shape index (κ3) is 2.62. The maximum Gasteiger partial charge on any atom is 0.483 e. The first-order valence-electron chi connectivity index (χ1n) is 5.65. The monoisotopic (exact) mass is 231 g/mol. The second-order valence-electron chi connectivity index (χ2n) is 4.66. The molecule has 2 aliphatic rings. The van der Waals surface area contributed by atoms with Gasteiger partial charge in [0.05, 0.1) is 6.54 Å². The van der Waals surface area contributed by atoms with Gasteiger partial charge < -0.3 is 10.0 Å². The highest BCUT2D eigenvalue weighted by Gasteiger charge is 2.41. The molecule has 0 bridgehead atoms. The highest BCUT2D eigenvalue weighted by molar-refractivity contribution is 6.50. The Balaban J connectivity index is 1.90. The third-order valence-electron chi connectivity index (χ3n) is 3.47. The van der Waals surface area contributed by atoms with Crippen LogP contribution in [0.1, 0.15) is 25.7 Å². The second kappa shape index (κ2) is 4.43. The van der Waals surface area contributed by atoms with E-state index < -0.39 is 13.0 Å². The maximum atomic E-state index is 13.0. The van der Waals surface area contributed by atoms with Crippen LogP contribution in [0.2, 0.25) is 0 Å². The van der Waals surface area contributed by atoms with E-state index in [-0.39, 0.29) is 19.0 Å². The SMILES string of the molecule is OB(O)C1=CCC(N2CCC(F)(F)C2)CC1. The van der Waals surface area contributed by atoms with Gasteiger partial charge in [-0.25, -0.2) is 8.78 Å². The number of hydrogen-bond donors (Lipinski definition) is 2. The first kappa shape index (κ1) is 12.0. The van der Waals surface area contributed by atoms with Crippen molar-refractivity contribution in [3.8, 4) is 0 Å². The summed E-state index contributed by atoms with van der Waals surface area (Å²) in [4.78, 5) is 1.82. The van der Waals surface area contributed by atoms with E-state index >= 15 is 0 Å². The average Bonchev–Trinajstić information content (AvgIpc) is 2.59. The fraction of sp³-hybridized carbons (Fsp3) is 0.800. The molecule has 1 aliphatic carbocycles. The van der Waals surface area contributed by atoms with Gasteiger partial charge >= 0.3 is 7.12 Å². The molecular weight excluding hydrogens is 215 g/mol. The van der Waals surface area contributed by atoms with Crippen LogP contribution in [0.25, 0.3) is 0 Å². The molecule has 16 heavy (non-hydrogen) atoms. The number of halogens is 2. The van der Waals surface area contributed by atoms with Crippen molar-refractivity contribution in [2.24, 2.45) is 0 Å². The minimum absolute atomic E-state index is 0.0529. The molecule has 1 atom stereocenters. The van der Waals surface area contributed by atoms with Crippen LogP contribution in [0.5, 0.6) is 0 Å². The van der Waals surface area contributed by atoms with E-state index in [0.717, 1.165) is 6.42 Å². The zero-order valence-corrected chi connectivity index (χ0v) is 9.07. The van der Waals surface area contributed by atoms with E-state index in [1.54, 1.807) is 6.08 Å². The molecule has 1 heterocycles. The Bertz CT molecular complexity index is 297. The molecule has 0 spiro atoms.